The van der Waals surface area contributed by atoms with E-state index in [-0.39, 0.29) is 33.4 Å². The molecule has 1 aliphatic rings. The standard InChI is InChI=1S/C16H12Cl2N2O4S/c17-12-6-3-7-13(14(12)18)19-25(23,24)9-8-20-15(21)10-4-1-2-5-11(10)16(20)22/h1-7,19H,8-9H2. The smallest absolute Gasteiger partial charge is 0.261 e. The van der Waals surface area contributed by atoms with Crippen LogP contribution in [0.15, 0.2) is 42.5 Å². The van der Waals surface area contributed by atoms with Crippen molar-refractivity contribution in [3.8, 4) is 0 Å². The number of benzene rings is 2. The molecule has 3 rings (SSSR count). The third-order valence-corrected chi connectivity index (χ3v) is 5.75. The van der Waals surface area contributed by atoms with Gasteiger partial charge in [0.1, 0.15) is 0 Å². The number of nitrogens with zero attached hydrogens (tertiary/aromatic N) is 1. The lowest BCUT2D eigenvalue weighted by atomic mass is 10.1. The van der Waals surface area contributed by atoms with Crippen LogP contribution in [0.3, 0.4) is 0 Å². The van der Waals surface area contributed by atoms with Crippen molar-refractivity contribution in [2.75, 3.05) is 17.0 Å². The molecule has 25 heavy (non-hydrogen) atoms. The number of rotatable bonds is 5. The molecule has 0 radical (unpaired) electrons. The van der Waals surface area contributed by atoms with Crippen molar-refractivity contribution in [2.45, 2.75) is 0 Å². The van der Waals surface area contributed by atoms with Gasteiger partial charge in [0.2, 0.25) is 10.0 Å². The van der Waals surface area contributed by atoms with Crippen LogP contribution in [0, 0.1) is 0 Å². The average Bonchev–Trinajstić information content (AvgIpc) is 2.82. The number of nitrogens with one attached hydrogen (secondary N) is 1. The lowest BCUT2D eigenvalue weighted by Gasteiger charge is -2.15. The Bertz CT molecular complexity index is 941. The first-order valence-electron chi connectivity index (χ1n) is 7.20. The summed E-state index contributed by atoms with van der Waals surface area (Å²) in [6.45, 7) is -0.264. The summed E-state index contributed by atoms with van der Waals surface area (Å²) < 4.78 is 26.8. The van der Waals surface area contributed by atoms with E-state index in [4.69, 9.17) is 23.2 Å². The third kappa shape index (κ3) is 3.49. The maximum absolute atomic E-state index is 12.2. The highest BCUT2D eigenvalue weighted by Gasteiger charge is 2.35. The molecule has 1 N–H and O–H groups in total. The first-order valence-corrected chi connectivity index (χ1v) is 9.61. The van der Waals surface area contributed by atoms with E-state index in [2.05, 4.69) is 4.72 Å². The average molecular weight is 399 g/mol. The minimum Gasteiger partial charge on any atom is -0.282 e. The number of halogens is 2. The van der Waals surface area contributed by atoms with Crippen LogP contribution >= 0.6 is 23.2 Å². The Morgan fingerprint density at radius 2 is 1.52 bits per heavy atom. The molecule has 0 saturated carbocycles. The minimum absolute atomic E-state index is 0.0773. The topological polar surface area (TPSA) is 83.6 Å². The van der Waals surface area contributed by atoms with E-state index < -0.39 is 27.6 Å². The molecule has 2 amide bonds. The summed E-state index contributed by atoms with van der Waals surface area (Å²) in [6, 6.07) is 10.9. The first-order chi connectivity index (χ1) is 11.8. The zero-order valence-electron chi connectivity index (χ0n) is 12.7. The molecule has 0 fully saturated rings. The molecule has 0 aliphatic carbocycles. The number of carbonyl (C=O) groups is 2. The molecule has 0 atom stereocenters. The predicted octanol–water partition coefficient (Wildman–Crippen LogP) is 3.03. The van der Waals surface area contributed by atoms with Gasteiger partial charge in [-0.05, 0) is 24.3 Å². The number of hydrogen-bond donors (Lipinski definition) is 1. The van der Waals surface area contributed by atoms with Crippen LogP contribution in [0.4, 0.5) is 5.69 Å². The third-order valence-electron chi connectivity index (χ3n) is 3.68. The van der Waals surface area contributed by atoms with Gasteiger partial charge in [-0.25, -0.2) is 8.42 Å². The fourth-order valence-electron chi connectivity index (χ4n) is 2.45. The normalized spacial score (nSPS) is 13.9. The number of sulfonamides is 1. The molecule has 9 heteroatoms. The minimum atomic E-state index is -3.83. The van der Waals surface area contributed by atoms with Crippen molar-refractivity contribution in [1.29, 1.82) is 0 Å². The van der Waals surface area contributed by atoms with Crippen LogP contribution in [-0.2, 0) is 10.0 Å². The van der Waals surface area contributed by atoms with Gasteiger partial charge in [0, 0.05) is 6.54 Å². The number of amides is 2. The second kappa shape index (κ2) is 6.67. The molecule has 1 aliphatic heterocycles. The molecule has 0 spiro atoms. The first kappa shape index (κ1) is 17.7. The van der Waals surface area contributed by atoms with Crippen molar-refractivity contribution >= 4 is 50.7 Å². The summed E-state index contributed by atoms with van der Waals surface area (Å²) in [7, 11) is -3.83. The molecule has 130 valence electrons. The van der Waals surface area contributed by atoms with E-state index >= 15 is 0 Å². The molecule has 0 unspecified atom stereocenters. The molecule has 6 nitrogen and oxygen atoms in total. The van der Waals surface area contributed by atoms with E-state index in [1.54, 1.807) is 18.2 Å². The fourth-order valence-corrected chi connectivity index (χ4v) is 3.89. The molecule has 1 heterocycles. The van der Waals surface area contributed by atoms with Crippen LogP contribution in [-0.4, -0.2) is 37.4 Å². The summed E-state index contributed by atoms with van der Waals surface area (Å²) in [5, 5.41) is 0.288. The van der Waals surface area contributed by atoms with Gasteiger partial charge in [0.15, 0.2) is 0 Å². The molecular formula is C16H12Cl2N2O4S. The van der Waals surface area contributed by atoms with Crippen molar-refractivity contribution in [3.63, 3.8) is 0 Å². The number of carbonyl (C=O) groups excluding carboxylic acids is 2. The Morgan fingerprint density at radius 1 is 0.920 bits per heavy atom. The second-order valence-corrected chi connectivity index (χ2v) is 7.96. The van der Waals surface area contributed by atoms with Gasteiger partial charge in [-0.15, -0.1) is 0 Å². The molecule has 0 saturated heterocycles. The Kier molecular flexibility index (Phi) is 4.73. The fraction of sp³-hybridized carbons (Fsp3) is 0.125. The highest BCUT2D eigenvalue weighted by Crippen LogP contribution is 2.30. The summed E-state index contributed by atoms with van der Waals surface area (Å²) in [6.07, 6.45) is 0. The Morgan fingerprint density at radius 3 is 2.12 bits per heavy atom. The number of anilines is 1. The lowest BCUT2D eigenvalue weighted by Crippen LogP contribution is -2.35. The number of hydrogen-bond acceptors (Lipinski definition) is 4. The van der Waals surface area contributed by atoms with Crippen LogP contribution in [0.25, 0.3) is 0 Å². The molecular weight excluding hydrogens is 387 g/mol. The van der Waals surface area contributed by atoms with Crippen molar-refractivity contribution in [2.24, 2.45) is 0 Å². The molecule has 2 aromatic carbocycles. The van der Waals surface area contributed by atoms with Gasteiger partial charge in [-0.2, -0.15) is 0 Å². The Balaban J connectivity index is 1.72. The zero-order chi connectivity index (χ0) is 18.2. The van der Waals surface area contributed by atoms with Gasteiger partial charge in [0.25, 0.3) is 11.8 Å². The molecule has 0 bridgehead atoms. The Labute approximate surface area is 154 Å². The van der Waals surface area contributed by atoms with Gasteiger partial charge >= 0.3 is 0 Å². The second-order valence-electron chi connectivity index (χ2n) is 5.33. The summed E-state index contributed by atoms with van der Waals surface area (Å²) in [5.74, 6) is -1.46. The van der Waals surface area contributed by atoms with Gasteiger partial charge in [-0.1, -0.05) is 41.4 Å². The van der Waals surface area contributed by atoms with E-state index in [9.17, 15) is 18.0 Å². The zero-order valence-corrected chi connectivity index (χ0v) is 15.0. The van der Waals surface area contributed by atoms with Gasteiger partial charge in [-0.3, -0.25) is 19.2 Å². The van der Waals surface area contributed by atoms with Crippen LogP contribution in [0.2, 0.25) is 10.0 Å². The van der Waals surface area contributed by atoms with Gasteiger partial charge in [0.05, 0.1) is 32.6 Å². The number of fused-ring (bicyclic) bond motifs is 1. The van der Waals surface area contributed by atoms with Crippen LogP contribution < -0.4 is 4.72 Å². The number of imide groups is 1. The van der Waals surface area contributed by atoms with Gasteiger partial charge < -0.3 is 0 Å². The summed E-state index contributed by atoms with van der Waals surface area (Å²) in [5.41, 5.74) is 0.683. The van der Waals surface area contributed by atoms with Crippen molar-refractivity contribution < 1.29 is 18.0 Å². The van der Waals surface area contributed by atoms with Crippen molar-refractivity contribution in [3.05, 3.63) is 63.6 Å². The Hall–Kier alpha value is -2.09. The predicted molar refractivity (Wildman–Crippen MR) is 95.7 cm³/mol. The van der Waals surface area contributed by atoms with Crippen LogP contribution in [0.1, 0.15) is 20.7 Å². The summed E-state index contributed by atoms with van der Waals surface area (Å²) >= 11 is 11.8. The summed E-state index contributed by atoms with van der Waals surface area (Å²) in [4.78, 5) is 25.4. The highest BCUT2D eigenvalue weighted by molar-refractivity contribution is 7.92. The van der Waals surface area contributed by atoms with E-state index in [0.29, 0.717) is 0 Å². The highest BCUT2D eigenvalue weighted by atomic mass is 35.5. The SMILES string of the molecule is O=C1c2ccccc2C(=O)N1CCS(=O)(=O)Nc1cccc(Cl)c1Cl. The quantitative estimate of drug-likeness (QED) is 0.784. The van der Waals surface area contributed by atoms with E-state index in [1.807, 2.05) is 0 Å². The van der Waals surface area contributed by atoms with E-state index in [0.717, 1.165) is 4.90 Å². The van der Waals surface area contributed by atoms with Crippen LogP contribution in [0.5, 0.6) is 0 Å². The molecule has 0 aromatic heterocycles. The van der Waals surface area contributed by atoms with E-state index in [1.165, 1.54) is 24.3 Å². The van der Waals surface area contributed by atoms with Crippen molar-refractivity contribution in [1.82, 2.24) is 4.90 Å². The maximum Gasteiger partial charge on any atom is 0.261 e. The maximum atomic E-state index is 12.2. The lowest BCUT2D eigenvalue weighted by molar-refractivity contribution is 0.0664. The monoisotopic (exact) mass is 398 g/mol. The molecule has 2 aromatic rings. The largest absolute Gasteiger partial charge is 0.282 e.